The number of ether oxygens (including phenoxy) is 3. The molecule has 3 unspecified atom stereocenters. The lowest BCUT2D eigenvalue weighted by Gasteiger charge is -2.37. The molecule has 8 heteroatoms. The molecule has 0 aliphatic carbocycles. The summed E-state index contributed by atoms with van der Waals surface area (Å²) >= 11 is 0. The lowest BCUT2D eigenvalue weighted by Crippen LogP contribution is -2.44. The molecule has 160 valence electrons. The van der Waals surface area contributed by atoms with Gasteiger partial charge in [-0.2, -0.15) is 0 Å². The van der Waals surface area contributed by atoms with Crippen molar-refractivity contribution in [1.29, 1.82) is 10.8 Å². The molecule has 0 bridgehead atoms. The molecule has 5 N–H and O–H groups in total. The van der Waals surface area contributed by atoms with Crippen molar-refractivity contribution in [2.24, 2.45) is 0 Å². The Morgan fingerprint density at radius 1 is 1.17 bits per heavy atom. The van der Waals surface area contributed by atoms with Gasteiger partial charge in [0.25, 0.3) is 0 Å². The van der Waals surface area contributed by atoms with Gasteiger partial charge in [0.2, 0.25) is 5.90 Å². The van der Waals surface area contributed by atoms with Crippen LogP contribution in [-0.2, 0) is 9.47 Å². The summed E-state index contributed by atoms with van der Waals surface area (Å²) in [5.41, 5.74) is 2.69. The lowest BCUT2D eigenvalue weighted by molar-refractivity contribution is -0.179. The average molecular weight is 414 g/mol. The largest absolute Gasteiger partial charge is 0.496 e. The summed E-state index contributed by atoms with van der Waals surface area (Å²) in [6.07, 6.45) is -3.23. The molecular formula is C22H26N2O6. The van der Waals surface area contributed by atoms with Gasteiger partial charge in [-0.05, 0) is 35.4 Å². The van der Waals surface area contributed by atoms with Gasteiger partial charge in [-0.3, -0.25) is 10.8 Å². The third kappa shape index (κ3) is 4.68. The fourth-order valence-corrected chi connectivity index (χ4v) is 3.51. The van der Waals surface area contributed by atoms with Gasteiger partial charge in [0, 0.05) is 24.5 Å². The molecule has 0 saturated carbocycles. The van der Waals surface area contributed by atoms with E-state index in [1.807, 2.05) is 18.2 Å². The highest BCUT2D eigenvalue weighted by Gasteiger charge is 2.37. The van der Waals surface area contributed by atoms with E-state index in [-0.39, 0.29) is 24.8 Å². The van der Waals surface area contributed by atoms with Crippen LogP contribution in [-0.4, -0.2) is 59.1 Å². The fraction of sp³-hybridized carbons (Fsp3) is 0.364. The van der Waals surface area contributed by atoms with Crippen molar-refractivity contribution in [1.82, 2.24) is 0 Å². The maximum Gasteiger partial charge on any atom is 0.220 e. The summed E-state index contributed by atoms with van der Waals surface area (Å²) in [7, 11) is 1.52. The average Bonchev–Trinajstić information content (AvgIpc) is 2.74. The molecule has 0 spiro atoms. The second kappa shape index (κ2) is 9.36. The first kappa shape index (κ1) is 21.9. The fourth-order valence-electron chi connectivity index (χ4n) is 3.51. The standard InChI is InChI=1S/C22H26N2O6/c1-12(23)29-22(24)15-6-7-17(19(9-15)28-2)13-4-3-5-14(8-13)21-20(27)18(26)10-16(11-25)30-21/h3-9,16,18,20-21,23-27H,10-11H2,1-2H3/t16?,18?,20?,21-/m1/s1. The second-order valence-corrected chi connectivity index (χ2v) is 7.18. The SMILES string of the molecule is COc1cc(C(=N)OC(C)=N)ccc1-c1cccc([C@H]2OC(CO)CC(O)C2O)c1. The molecule has 1 aliphatic heterocycles. The highest BCUT2D eigenvalue weighted by Crippen LogP contribution is 2.36. The molecule has 0 amide bonds. The minimum Gasteiger partial charge on any atom is -0.496 e. The molecule has 2 aromatic carbocycles. The summed E-state index contributed by atoms with van der Waals surface area (Å²) in [6, 6.07) is 12.5. The molecule has 3 rings (SSSR count). The Labute approximate surface area is 174 Å². The second-order valence-electron chi connectivity index (χ2n) is 7.18. The molecule has 0 aromatic heterocycles. The van der Waals surface area contributed by atoms with Crippen LogP contribution in [0.3, 0.4) is 0 Å². The topological polar surface area (TPSA) is 136 Å². The number of aliphatic hydroxyl groups excluding tert-OH is 3. The van der Waals surface area contributed by atoms with E-state index in [0.29, 0.717) is 16.9 Å². The Balaban J connectivity index is 1.93. The van der Waals surface area contributed by atoms with Crippen molar-refractivity contribution < 1.29 is 29.5 Å². The Morgan fingerprint density at radius 3 is 2.60 bits per heavy atom. The number of methoxy groups -OCH3 is 1. The summed E-state index contributed by atoms with van der Waals surface area (Å²) in [5, 5.41) is 45.2. The van der Waals surface area contributed by atoms with Crippen LogP contribution in [0.4, 0.5) is 0 Å². The highest BCUT2D eigenvalue weighted by atomic mass is 16.5. The van der Waals surface area contributed by atoms with E-state index in [2.05, 4.69) is 0 Å². The van der Waals surface area contributed by atoms with Crippen LogP contribution in [0.5, 0.6) is 5.75 Å². The molecule has 8 nitrogen and oxygen atoms in total. The van der Waals surface area contributed by atoms with Gasteiger partial charge in [-0.15, -0.1) is 0 Å². The Morgan fingerprint density at radius 2 is 1.93 bits per heavy atom. The van der Waals surface area contributed by atoms with Crippen LogP contribution in [0.15, 0.2) is 42.5 Å². The van der Waals surface area contributed by atoms with E-state index in [1.54, 1.807) is 24.3 Å². The van der Waals surface area contributed by atoms with E-state index < -0.39 is 24.4 Å². The van der Waals surface area contributed by atoms with Gasteiger partial charge in [-0.1, -0.05) is 18.2 Å². The summed E-state index contributed by atoms with van der Waals surface area (Å²) in [4.78, 5) is 0. The molecule has 1 aliphatic rings. The van der Waals surface area contributed by atoms with E-state index >= 15 is 0 Å². The minimum absolute atomic E-state index is 0.0786. The summed E-state index contributed by atoms with van der Waals surface area (Å²) < 4.78 is 16.3. The van der Waals surface area contributed by atoms with Gasteiger partial charge in [0.05, 0.1) is 25.9 Å². The predicted molar refractivity (Wildman–Crippen MR) is 111 cm³/mol. The molecule has 1 saturated heterocycles. The number of rotatable bonds is 5. The Hall–Kier alpha value is -2.78. The van der Waals surface area contributed by atoms with Crippen molar-refractivity contribution >= 4 is 11.8 Å². The van der Waals surface area contributed by atoms with Crippen molar-refractivity contribution in [3.8, 4) is 16.9 Å². The number of hydrogen-bond acceptors (Lipinski definition) is 8. The van der Waals surface area contributed by atoms with Crippen molar-refractivity contribution in [2.75, 3.05) is 13.7 Å². The van der Waals surface area contributed by atoms with Gasteiger partial charge in [0.1, 0.15) is 18.0 Å². The first-order valence-corrected chi connectivity index (χ1v) is 9.56. The smallest absolute Gasteiger partial charge is 0.220 e. The molecule has 0 radical (unpaired) electrons. The third-order valence-electron chi connectivity index (χ3n) is 5.00. The Bertz CT molecular complexity index is 932. The summed E-state index contributed by atoms with van der Waals surface area (Å²) in [5.74, 6) is 0.285. The molecule has 1 fully saturated rings. The van der Waals surface area contributed by atoms with Gasteiger partial charge < -0.3 is 29.5 Å². The monoisotopic (exact) mass is 414 g/mol. The van der Waals surface area contributed by atoms with Crippen LogP contribution in [0.25, 0.3) is 11.1 Å². The zero-order valence-electron chi connectivity index (χ0n) is 16.8. The predicted octanol–water partition coefficient (Wildman–Crippen LogP) is 2.25. The van der Waals surface area contributed by atoms with Crippen LogP contribution in [0.1, 0.15) is 30.6 Å². The van der Waals surface area contributed by atoms with Crippen LogP contribution in [0.2, 0.25) is 0 Å². The lowest BCUT2D eigenvalue weighted by atomic mass is 9.91. The molecule has 30 heavy (non-hydrogen) atoms. The summed E-state index contributed by atoms with van der Waals surface area (Å²) in [6.45, 7) is 1.21. The number of benzene rings is 2. The maximum absolute atomic E-state index is 10.4. The number of hydrogen-bond donors (Lipinski definition) is 5. The van der Waals surface area contributed by atoms with E-state index in [9.17, 15) is 15.3 Å². The van der Waals surface area contributed by atoms with Crippen LogP contribution >= 0.6 is 0 Å². The maximum atomic E-state index is 10.4. The van der Waals surface area contributed by atoms with E-state index in [1.165, 1.54) is 14.0 Å². The number of aliphatic hydroxyl groups is 3. The first-order valence-electron chi connectivity index (χ1n) is 9.56. The molecule has 4 atom stereocenters. The van der Waals surface area contributed by atoms with Gasteiger partial charge >= 0.3 is 0 Å². The quantitative estimate of drug-likeness (QED) is 0.376. The van der Waals surface area contributed by atoms with Crippen molar-refractivity contribution in [3.63, 3.8) is 0 Å². The molecular weight excluding hydrogens is 388 g/mol. The van der Waals surface area contributed by atoms with E-state index in [0.717, 1.165) is 11.1 Å². The molecule has 1 heterocycles. The normalized spacial score (nSPS) is 23.6. The van der Waals surface area contributed by atoms with Gasteiger partial charge in [-0.25, -0.2) is 0 Å². The number of nitrogens with one attached hydrogen (secondary N) is 2. The van der Waals surface area contributed by atoms with Crippen LogP contribution in [0, 0.1) is 10.8 Å². The minimum atomic E-state index is -1.10. The first-order chi connectivity index (χ1) is 14.3. The zero-order chi connectivity index (χ0) is 21.8. The third-order valence-corrected chi connectivity index (χ3v) is 5.00. The van der Waals surface area contributed by atoms with Crippen molar-refractivity contribution in [3.05, 3.63) is 53.6 Å². The van der Waals surface area contributed by atoms with Crippen LogP contribution < -0.4 is 4.74 Å². The van der Waals surface area contributed by atoms with Gasteiger partial charge in [0.15, 0.2) is 5.90 Å². The van der Waals surface area contributed by atoms with Crippen molar-refractivity contribution in [2.45, 2.75) is 37.8 Å². The Kier molecular flexibility index (Phi) is 6.84. The zero-order valence-corrected chi connectivity index (χ0v) is 16.8. The molecule has 2 aromatic rings. The van der Waals surface area contributed by atoms with E-state index in [4.69, 9.17) is 25.0 Å². The highest BCUT2D eigenvalue weighted by molar-refractivity contribution is 5.99.